The highest BCUT2D eigenvalue weighted by atomic mass is 35.5. The fourth-order valence-corrected chi connectivity index (χ4v) is 2.91. The zero-order valence-electron chi connectivity index (χ0n) is 11.8. The second-order valence-electron chi connectivity index (χ2n) is 5.53. The third-order valence-electron chi connectivity index (χ3n) is 3.80. The van der Waals surface area contributed by atoms with Crippen molar-refractivity contribution in [1.82, 2.24) is 4.90 Å². The molecular formula is C15H20Cl2N2O. The fraction of sp³-hybridized carbons (Fsp3) is 0.533. The summed E-state index contributed by atoms with van der Waals surface area (Å²) in [6.45, 7) is 6.11. The van der Waals surface area contributed by atoms with Crippen molar-refractivity contribution < 1.29 is 4.79 Å². The number of likely N-dealkylation sites (tertiary alicyclic amines) is 1. The zero-order valence-corrected chi connectivity index (χ0v) is 13.3. The van der Waals surface area contributed by atoms with Crippen LogP contribution in [-0.4, -0.2) is 29.9 Å². The maximum Gasteiger partial charge on any atom is 0.241 e. The number of rotatable bonds is 3. The van der Waals surface area contributed by atoms with Gasteiger partial charge in [-0.1, -0.05) is 30.1 Å². The predicted molar refractivity (Wildman–Crippen MR) is 84.5 cm³/mol. The van der Waals surface area contributed by atoms with Gasteiger partial charge in [0, 0.05) is 11.6 Å². The van der Waals surface area contributed by atoms with Crippen LogP contribution in [0.3, 0.4) is 0 Å². The Kier molecular flexibility index (Phi) is 5.30. The summed E-state index contributed by atoms with van der Waals surface area (Å²) in [7, 11) is 0. The Bertz CT molecular complexity index is 493. The molecule has 1 fully saturated rings. The van der Waals surface area contributed by atoms with E-state index in [1.807, 2.05) is 6.92 Å². The molecule has 20 heavy (non-hydrogen) atoms. The molecule has 0 bridgehead atoms. The number of halogens is 2. The molecule has 0 aliphatic carbocycles. The molecular weight excluding hydrogens is 295 g/mol. The zero-order chi connectivity index (χ0) is 14.7. The molecule has 0 unspecified atom stereocenters. The third-order valence-corrected chi connectivity index (χ3v) is 4.37. The van der Waals surface area contributed by atoms with Crippen molar-refractivity contribution in [3.63, 3.8) is 0 Å². The molecule has 1 aliphatic heterocycles. The van der Waals surface area contributed by atoms with Gasteiger partial charge in [-0.25, -0.2) is 0 Å². The van der Waals surface area contributed by atoms with E-state index in [0.29, 0.717) is 21.7 Å². The van der Waals surface area contributed by atoms with Gasteiger partial charge < -0.3 is 5.32 Å². The lowest BCUT2D eigenvalue weighted by Crippen LogP contribution is -2.46. The standard InChI is InChI=1S/C15H20Cl2N2O/c1-10-4-3-7-19(9-10)11(2)15(20)18-14-8-12(16)5-6-13(14)17/h5-6,8,10-11H,3-4,7,9H2,1-2H3,(H,18,20)/t10-,11-/m0/s1. The van der Waals surface area contributed by atoms with Crippen molar-refractivity contribution in [1.29, 1.82) is 0 Å². The summed E-state index contributed by atoms with van der Waals surface area (Å²) in [5.41, 5.74) is 0.570. The number of carbonyl (C=O) groups is 1. The van der Waals surface area contributed by atoms with Crippen LogP contribution in [0.15, 0.2) is 18.2 Å². The normalized spacial score (nSPS) is 21.5. The number of piperidine rings is 1. The average Bonchev–Trinajstić information content (AvgIpc) is 2.42. The van der Waals surface area contributed by atoms with E-state index in [1.54, 1.807) is 18.2 Å². The lowest BCUT2D eigenvalue weighted by atomic mass is 9.99. The molecule has 1 heterocycles. The molecule has 0 aromatic heterocycles. The molecule has 110 valence electrons. The maximum absolute atomic E-state index is 12.3. The van der Waals surface area contributed by atoms with Crippen molar-refractivity contribution in [3.8, 4) is 0 Å². The largest absolute Gasteiger partial charge is 0.323 e. The number of carbonyl (C=O) groups excluding carboxylic acids is 1. The first-order chi connectivity index (χ1) is 9.47. The first-order valence-corrected chi connectivity index (χ1v) is 7.73. The number of hydrogen-bond acceptors (Lipinski definition) is 2. The Labute approximate surface area is 130 Å². The van der Waals surface area contributed by atoms with E-state index in [2.05, 4.69) is 17.1 Å². The molecule has 1 amide bonds. The smallest absolute Gasteiger partial charge is 0.241 e. The van der Waals surface area contributed by atoms with Crippen molar-refractivity contribution in [2.75, 3.05) is 18.4 Å². The van der Waals surface area contributed by atoms with Gasteiger partial charge >= 0.3 is 0 Å². The first-order valence-electron chi connectivity index (χ1n) is 6.97. The van der Waals surface area contributed by atoms with Crippen molar-refractivity contribution in [2.24, 2.45) is 5.92 Å². The van der Waals surface area contributed by atoms with Gasteiger partial charge in [0.15, 0.2) is 0 Å². The van der Waals surface area contributed by atoms with Crippen LogP contribution in [0.1, 0.15) is 26.7 Å². The Balaban J connectivity index is 2.02. The molecule has 1 aromatic carbocycles. The summed E-state index contributed by atoms with van der Waals surface area (Å²) < 4.78 is 0. The summed E-state index contributed by atoms with van der Waals surface area (Å²) in [6, 6.07) is 4.91. The van der Waals surface area contributed by atoms with Crippen LogP contribution in [0.2, 0.25) is 10.0 Å². The minimum atomic E-state index is -0.159. The van der Waals surface area contributed by atoms with Crippen molar-refractivity contribution >= 4 is 34.8 Å². The topological polar surface area (TPSA) is 32.3 Å². The molecule has 1 aromatic rings. The van der Waals surface area contributed by atoms with Gasteiger partial charge in [-0.15, -0.1) is 0 Å². The van der Waals surface area contributed by atoms with E-state index in [0.717, 1.165) is 19.5 Å². The number of hydrogen-bond donors (Lipinski definition) is 1. The van der Waals surface area contributed by atoms with Crippen LogP contribution in [0.25, 0.3) is 0 Å². The lowest BCUT2D eigenvalue weighted by Gasteiger charge is -2.34. The molecule has 0 saturated carbocycles. The molecule has 3 nitrogen and oxygen atoms in total. The van der Waals surface area contributed by atoms with Gasteiger partial charge in [-0.05, 0) is 50.4 Å². The minimum absolute atomic E-state index is 0.0386. The molecule has 0 spiro atoms. The van der Waals surface area contributed by atoms with E-state index in [1.165, 1.54) is 6.42 Å². The van der Waals surface area contributed by atoms with Crippen molar-refractivity contribution in [2.45, 2.75) is 32.7 Å². The van der Waals surface area contributed by atoms with Gasteiger partial charge in [-0.3, -0.25) is 9.69 Å². The molecule has 0 radical (unpaired) electrons. The van der Waals surface area contributed by atoms with Gasteiger partial charge in [0.2, 0.25) is 5.91 Å². The summed E-state index contributed by atoms with van der Waals surface area (Å²) in [4.78, 5) is 14.6. The Hall–Kier alpha value is -0.770. The van der Waals surface area contributed by atoms with Crippen LogP contribution >= 0.6 is 23.2 Å². The highest BCUT2D eigenvalue weighted by Gasteiger charge is 2.25. The summed E-state index contributed by atoms with van der Waals surface area (Å²) in [5.74, 6) is 0.608. The van der Waals surface area contributed by atoms with Gasteiger partial charge in [-0.2, -0.15) is 0 Å². The fourth-order valence-electron chi connectivity index (χ4n) is 2.57. The van der Waals surface area contributed by atoms with Crippen LogP contribution in [0.4, 0.5) is 5.69 Å². The Morgan fingerprint density at radius 3 is 2.90 bits per heavy atom. The SMILES string of the molecule is C[C@H]1CCCN([C@@H](C)C(=O)Nc2cc(Cl)ccc2Cl)C1. The number of anilines is 1. The summed E-state index contributed by atoms with van der Waals surface area (Å²) in [6.07, 6.45) is 2.39. The van der Waals surface area contributed by atoms with Crippen molar-refractivity contribution in [3.05, 3.63) is 28.2 Å². The van der Waals surface area contributed by atoms with Gasteiger partial charge in [0.1, 0.15) is 0 Å². The third kappa shape index (κ3) is 3.87. The first kappa shape index (κ1) is 15.6. The van der Waals surface area contributed by atoms with Crippen LogP contribution in [0, 0.1) is 5.92 Å². The Morgan fingerprint density at radius 2 is 2.20 bits per heavy atom. The number of amides is 1. The quantitative estimate of drug-likeness (QED) is 0.912. The highest BCUT2D eigenvalue weighted by Crippen LogP contribution is 2.26. The van der Waals surface area contributed by atoms with Crippen LogP contribution in [-0.2, 0) is 4.79 Å². The average molecular weight is 315 g/mol. The van der Waals surface area contributed by atoms with Gasteiger partial charge in [0.05, 0.1) is 16.8 Å². The summed E-state index contributed by atoms with van der Waals surface area (Å²) in [5, 5.41) is 3.93. The van der Waals surface area contributed by atoms with Gasteiger partial charge in [0.25, 0.3) is 0 Å². The van der Waals surface area contributed by atoms with E-state index in [9.17, 15) is 4.79 Å². The second kappa shape index (κ2) is 6.79. The van der Waals surface area contributed by atoms with E-state index >= 15 is 0 Å². The van der Waals surface area contributed by atoms with E-state index in [4.69, 9.17) is 23.2 Å². The molecule has 1 aliphatic rings. The van der Waals surface area contributed by atoms with Crippen LogP contribution < -0.4 is 5.32 Å². The summed E-state index contributed by atoms with van der Waals surface area (Å²) >= 11 is 12.0. The minimum Gasteiger partial charge on any atom is -0.323 e. The predicted octanol–water partition coefficient (Wildman–Crippen LogP) is 4.05. The molecule has 5 heteroatoms. The molecule has 2 atom stereocenters. The Morgan fingerprint density at radius 1 is 1.45 bits per heavy atom. The maximum atomic E-state index is 12.3. The van der Waals surface area contributed by atoms with E-state index in [-0.39, 0.29) is 11.9 Å². The molecule has 1 N–H and O–H groups in total. The number of nitrogens with zero attached hydrogens (tertiary/aromatic N) is 1. The van der Waals surface area contributed by atoms with Crippen LogP contribution in [0.5, 0.6) is 0 Å². The lowest BCUT2D eigenvalue weighted by molar-refractivity contribution is -0.121. The molecule has 2 rings (SSSR count). The number of nitrogens with one attached hydrogen (secondary N) is 1. The number of benzene rings is 1. The monoisotopic (exact) mass is 314 g/mol. The molecule has 1 saturated heterocycles. The van der Waals surface area contributed by atoms with E-state index < -0.39 is 0 Å². The second-order valence-corrected chi connectivity index (χ2v) is 6.38. The highest BCUT2D eigenvalue weighted by molar-refractivity contribution is 6.35.